The maximum Gasteiger partial charge on any atom is 0.217 e. The summed E-state index contributed by atoms with van der Waals surface area (Å²) in [5.74, 6) is -0.162. The van der Waals surface area contributed by atoms with Crippen LogP contribution in [0.15, 0.2) is 0 Å². The fourth-order valence-corrected chi connectivity index (χ4v) is 1.84. The number of hydrogen-bond acceptors (Lipinski definition) is 2. The van der Waals surface area contributed by atoms with Gasteiger partial charge in [0.25, 0.3) is 0 Å². The summed E-state index contributed by atoms with van der Waals surface area (Å²) in [7, 11) is 2.01. The van der Waals surface area contributed by atoms with E-state index >= 15 is 0 Å². The fourth-order valence-electron chi connectivity index (χ4n) is 1.84. The Morgan fingerprint density at radius 1 is 0.875 bits per heavy atom. The van der Waals surface area contributed by atoms with E-state index in [1.807, 2.05) is 7.05 Å². The molecule has 16 heavy (non-hydrogen) atoms. The maximum absolute atomic E-state index is 10.5. The van der Waals surface area contributed by atoms with E-state index in [0.29, 0.717) is 6.42 Å². The molecule has 0 aliphatic rings. The molecule has 0 fully saturated rings. The van der Waals surface area contributed by atoms with E-state index in [1.54, 1.807) is 0 Å². The van der Waals surface area contributed by atoms with Crippen molar-refractivity contribution in [2.24, 2.45) is 5.73 Å². The van der Waals surface area contributed by atoms with E-state index in [0.717, 1.165) is 19.4 Å². The van der Waals surface area contributed by atoms with Gasteiger partial charge in [-0.05, 0) is 26.4 Å². The molecule has 0 saturated carbocycles. The van der Waals surface area contributed by atoms with Crippen molar-refractivity contribution >= 4 is 5.91 Å². The molecule has 96 valence electrons. The third-order valence-electron chi connectivity index (χ3n) is 2.85. The van der Waals surface area contributed by atoms with Crippen molar-refractivity contribution < 1.29 is 4.79 Å². The number of nitrogens with one attached hydrogen (secondary N) is 1. The molecule has 3 heteroatoms. The molecule has 0 rings (SSSR count). The van der Waals surface area contributed by atoms with Crippen LogP contribution in [-0.2, 0) is 4.79 Å². The van der Waals surface area contributed by atoms with Gasteiger partial charge < -0.3 is 11.1 Å². The molecular formula is C13H28N2O. The van der Waals surface area contributed by atoms with Gasteiger partial charge in [-0.2, -0.15) is 0 Å². The first-order valence-electron chi connectivity index (χ1n) is 6.70. The van der Waals surface area contributed by atoms with Gasteiger partial charge in [0, 0.05) is 6.42 Å². The zero-order valence-electron chi connectivity index (χ0n) is 10.8. The molecule has 1 amide bonds. The topological polar surface area (TPSA) is 55.1 Å². The molecule has 0 aromatic rings. The number of carbonyl (C=O) groups excluding carboxylic acids is 1. The Bertz CT molecular complexity index is 160. The minimum absolute atomic E-state index is 0.162. The van der Waals surface area contributed by atoms with Gasteiger partial charge in [-0.1, -0.05) is 44.9 Å². The Kier molecular flexibility index (Phi) is 12.1. The number of rotatable bonds is 12. The zero-order valence-corrected chi connectivity index (χ0v) is 10.8. The number of amides is 1. The highest BCUT2D eigenvalue weighted by molar-refractivity contribution is 5.73. The molecule has 0 radical (unpaired) electrons. The van der Waals surface area contributed by atoms with E-state index in [2.05, 4.69) is 5.32 Å². The van der Waals surface area contributed by atoms with E-state index in [1.165, 1.54) is 44.9 Å². The molecule has 0 heterocycles. The van der Waals surface area contributed by atoms with Crippen LogP contribution in [0.2, 0.25) is 0 Å². The van der Waals surface area contributed by atoms with E-state index < -0.39 is 0 Å². The smallest absolute Gasteiger partial charge is 0.217 e. The predicted molar refractivity (Wildman–Crippen MR) is 69.3 cm³/mol. The van der Waals surface area contributed by atoms with Gasteiger partial charge in [-0.3, -0.25) is 4.79 Å². The quantitative estimate of drug-likeness (QED) is 0.504. The van der Waals surface area contributed by atoms with Gasteiger partial charge >= 0.3 is 0 Å². The summed E-state index contributed by atoms with van der Waals surface area (Å²) in [6.07, 6.45) is 12.0. The molecule has 0 aromatic heterocycles. The standard InChI is InChI=1S/C13H28N2O/c1-15-12-10-8-6-4-2-3-5-7-9-11-13(14)16/h15H,2-12H2,1H3,(H2,14,16). The van der Waals surface area contributed by atoms with E-state index in [4.69, 9.17) is 5.73 Å². The lowest BCUT2D eigenvalue weighted by atomic mass is 10.1. The van der Waals surface area contributed by atoms with Crippen LogP contribution in [-0.4, -0.2) is 19.5 Å². The molecule has 0 aliphatic heterocycles. The number of hydrogen-bond donors (Lipinski definition) is 2. The minimum Gasteiger partial charge on any atom is -0.370 e. The first-order valence-corrected chi connectivity index (χ1v) is 6.70. The van der Waals surface area contributed by atoms with Crippen LogP contribution < -0.4 is 11.1 Å². The van der Waals surface area contributed by atoms with Gasteiger partial charge in [-0.15, -0.1) is 0 Å². The Hall–Kier alpha value is -0.570. The Morgan fingerprint density at radius 2 is 1.31 bits per heavy atom. The highest BCUT2D eigenvalue weighted by atomic mass is 16.1. The van der Waals surface area contributed by atoms with Crippen LogP contribution in [0.3, 0.4) is 0 Å². The van der Waals surface area contributed by atoms with Crippen molar-refractivity contribution in [3.8, 4) is 0 Å². The predicted octanol–water partition coefficient (Wildman–Crippen LogP) is 2.59. The third kappa shape index (κ3) is 13.4. The normalized spacial score (nSPS) is 10.6. The van der Waals surface area contributed by atoms with Crippen molar-refractivity contribution in [2.45, 2.75) is 64.2 Å². The first-order chi connectivity index (χ1) is 7.77. The molecule has 0 unspecified atom stereocenters. The average molecular weight is 228 g/mol. The second kappa shape index (κ2) is 12.5. The number of primary amides is 1. The molecule has 3 nitrogen and oxygen atoms in total. The monoisotopic (exact) mass is 228 g/mol. The zero-order chi connectivity index (χ0) is 12.1. The first kappa shape index (κ1) is 15.4. The molecule has 0 atom stereocenters. The minimum atomic E-state index is -0.162. The highest BCUT2D eigenvalue weighted by Gasteiger charge is 1.95. The lowest BCUT2D eigenvalue weighted by Crippen LogP contribution is -2.09. The molecule has 0 spiro atoms. The molecule has 3 N–H and O–H groups in total. The lowest BCUT2D eigenvalue weighted by molar-refractivity contribution is -0.118. The summed E-state index contributed by atoms with van der Waals surface area (Å²) in [4.78, 5) is 10.5. The molecule has 0 saturated heterocycles. The third-order valence-corrected chi connectivity index (χ3v) is 2.85. The number of carbonyl (C=O) groups is 1. The van der Waals surface area contributed by atoms with Crippen molar-refractivity contribution in [2.75, 3.05) is 13.6 Å². The SMILES string of the molecule is CNCCCCCCCCCCCC(N)=O. The average Bonchev–Trinajstić information content (AvgIpc) is 2.25. The summed E-state index contributed by atoms with van der Waals surface area (Å²) in [5.41, 5.74) is 5.07. The summed E-state index contributed by atoms with van der Waals surface area (Å²) < 4.78 is 0. The van der Waals surface area contributed by atoms with Gasteiger partial charge in [-0.25, -0.2) is 0 Å². The van der Waals surface area contributed by atoms with Crippen LogP contribution in [0.4, 0.5) is 0 Å². The molecular weight excluding hydrogens is 200 g/mol. The summed E-state index contributed by atoms with van der Waals surface area (Å²) in [6, 6.07) is 0. The maximum atomic E-state index is 10.5. The van der Waals surface area contributed by atoms with Gasteiger partial charge in [0.05, 0.1) is 0 Å². The van der Waals surface area contributed by atoms with Crippen molar-refractivity contribution in [3.05, 3.63) is 0 Å². The molecule has 0 aliphatic carbocycles. The Balaban J connectivity index is 2.90. The van der Waals surface area contributed by atoms with E-state index in [9.17, 15) is 4.79 Å². The highest BCUT2D eigenvalue weighted by Crippen LogP contribution is 2.10. The molecule has 0 aromatic carbocycles. The van der Waals surface area contributed by atoms with Crippen molar-refractivity contribution in [3.63, 3.8) is 0 Å². The van der Waals surface area contributed by atoms with Crippen LogP contribution in [0.1, 0.15) is 64.2 Å². The summed E-state index contributed by atoms with van der Waals surface area (Å²) >= 11 is 0. The largest absolute Gasteiger partial charge is 0.370 e. The number of unbranched alkanes of at least 4 members (excludes halogenated alkanes) is 8. The van der Waals surface area contributed by atoms with Crippen molar-refractivity contribution in [1.82, 2.24) is 5.32 Å². The van der Waals surface area contributed by atoms with Gasteiger partial charge in [0.2, 0.25) is 5.91 Å². The second-order valence-corrected chi connectivity index (χ2v) is 4.50. The van der Waals surface area contributed by atoms with Crippen LogP contribution in [0.5, 0.6) is 0 Å². The fraction of sp³-hybridized carbons (Fsp3) is 0.923. The molecule has 0 bridgehead atoms. The summed E-state index contributed by atoms with van der Waals surface area (Å²) in [6.45, 7) is 1.15. The van der Waals surface area contributed by atoms with Crippen LogP contribution >= 0.6 is 0 Å². The Morgan fingerprint density at radius 3 is 1.75 bits per heavy atom. The van der Waals surface area contributed by atoms with Crippen molar-refractivity contribution in [1.29, 1.82) is 0 Å². The summed E-state index contributed by atoms with van der Waals surface area (Å²) in [5, 5.41) is 3.16. The lowest BCUT2D eigenvalue weighted by Gasteiger charge is -2.02. The van der Waals surface area contributed by atoms with Crippen LogP contribution in [0.25, 0.3) is 0 Å². The van der Waals surface area contributed by atoms with Gasteiger partial charge in [0.15, 0.2) is 0 Å². The van der Waals surface area contributed by atoms with E-state index in [-0.39, 0.29) is 5.91 Å². The van der Waals surface area contributed by atoms with Crippen LogP contribution in [0, 0.1) is 0 Å². The van der Waals surface area contributed by atoms with Gasteiger partial charge in [0.1, 0.15) is 0 Å². The number of nitrogens with two attached hydrogens (primary N) is 1. The Labute approximate surface area is 100 Å². The second-order valence-electron chi connectivity index (χ2n) is 4.50.